The van der Waals surface area contributed by atoms with E-state index in [1.165, 1.54) is 16.4 Å². The summed E-state index contributed by atoms with van der Waals surface area (Å²) in [5.74, 6) is 0. The molecule has 1 atom stereocenters. The summed E-state index contributed by atoms with van der Waals surface area (Å²) in [5, 5.41) is 7.28. The van der Waals surface area contributed by atoms with Crippen LogP contribution in [-0.4, -0.2) is 37.9 Å². The first-order valence-electron chi connectivity index (χ1n) is 9.44. The normalized spacial score (nSPS) is 20.3. The van der Waals surface area contributed by atoms with Gasteiger partial charge in [-0.25, -0.2) is 13.2 Å². The second-order valence-corrected chi connectivity index (χ2v) is 11.0. The second kappa shape index (κ2) is 8.20. The van der Waals surface area contributed by atoms with Crippen LogP contribution in [0.15, 0.2) is 47.4 Å². The molecule has 1 saturated heterocycles. The predicted octanol–water partition coefficient (Wildman–Crippen LogP) is 4.30. The number of carbonyl (C=O) groups excluding carboxylic acids is 1. The Morgan fingerprint density at radius 1 is 1.07 bits per heavy atom. The van der Waals surface area contributed by atoms with Crippen LogP contribution >= 0.6 is 34.8 Å². The van der Waals surface area contributed by atoms with E-state index in [9.17, 15) is 13.2 Å². The number of amides is 2. The first-order chi connectivity index (χ1) is 14.2. The third-order valence-electron chi connectivity index (χ3n) is 5.86. The van der Waals surface area contributed by atoms with Crippen molar-refractivity contribution in [3.8, 4) is 0 Å². The number of urea groups is 1. The van der Waals surface area contributed by atoms with E-state index < -0.39 is 10.0 Å². The zero-order chi connectivity index (χ0) is 21.5. The molecule has 2 aromatic rings. The number of rotatable bonds is 5. The molecule has 1 spiro atoms. The molecule has 1 heterocycles. The molecule has 160 valence electrons. The standard InChI is InChI=1S/C20H20Cl3N3O3S/c21-14-3-5-16(6-4-14)30(28,29)26-11-20(12-26)8-7-18(20)25-19(27)24-10-13-1-2-15(22)9-17(13)23/h1-6,9,18H,7-8,10-12H2,(H2,24,25,27)/t18-/m0/s1. The number of hydrogen-bond acceptors (Lipinski definition) is 3. The van der Waals surface area contributed by atoms with Crippen LogP contribution in [-0.2, 0) is 16.6 Å². The molecular weight excluding hydrogens is 469 g/mol. The Balaban J connectivity index is 1.31. The van der Waals surface area contributed by atoms with Crippen LogP contribution in [0.3, 0.4) is 0 Å². The fraction of sp³-hybridized carbons (Fsp3) is 0.350. The van der Waals surface area contributed by atoms with Crippen LogP contribution in [0.5, 0.6) is 0 Å². The molecule has 0 unspecified atom stereocenters. The fourth-order valence-electron chi connectivity index (χ4n) is 3.93. The highest BCUT2D eigenvalue weighted by atomic mass is 35.5. The first-order valence-corrected chi connectivity index (χ1v) is 12.0. The van der Waals surface area contributed by atoms with E-state index in [2.05, 4.69) is 10.6 Å². The molecule has 2 fully saturated rings. The van der Waals surface area contributed by atoms with Crippen molar-refractivity contribution >= 4 is 50.9 Å². The Labute approximate surface area is 190 Å². The van der Waals surface area contributed by atoms with Crippen LogP contribution in [0.2, 0.25) is 15.1 Å². The fourth-order valence-corrected chi connectivity index (χ4v) is 6.17. The minimum atomic E-state index is -3.55. The van der Waals surface area contributed by atoms with Crippen LogP contribution < -0.4 is 10.6 Å². The predicted molar refractivity (Wildman–Crippen MR) is 117 cm³/mol. The summed E-state index contributed by atoms with van der Waals surface area (Å²) < 4.78 is 27.0. The molecule has 2 amide bonds. The molecule has 1 aliphatic carbocycles. The Morgan fingerprint density at radius 3 is 2.33 bits per heavy atom. The average Bonchev–Trinajstić information content (AvgIpc) is 2.64. The number of sulfonamides is 1. The molecule has 1 saturated carbocycles. The molecule has 6 nitrogen and oxygen atoms in total. The lowest BCUT2D eigenvalue weighted by molar-refractivity contribution is -0.0418. The van der Waals surface area contributed by atoms with Gasteiger partial charge < -0.3 is 10.6 Å². The Bertz CT molecular complexity index is 1070. The molecule has 1 aliphatic heterocycles. The summed E-state index contributed by atoms with van der Waals surface area (Å²) in [4.78, 5) is 12.5. The highest BCUT2D eigenvalue weighted by Crippen LogP contribution is 2.50. The van der Waals surface area contributed by atoms with Crippen LogP contribution in [0.25, 0.3) is 0 Å². The quantitative estimate of drug-likeness (QED) is 0.659. The number of nitrogens with zero attached hydrogens (tertiary/aromatic N) is 1. The zero-order valence-electron chi connectivity index (χ0n) is 15.9. The van der Waals surface area contributed by atoms with Gasteiger partial charge in [0, 0.05) is 46.2 Å². The summed E-state index contributed by atoms with van der Waals surface area (Å²) in [6, 6.07) is 10.9. The lowest BCUT2D eigenvalue weighted by Gasteiger charge is -2.59. The van der Waals surface area contributed by atoms with Crippen molar-refractivity contribution in [3.63, 3.8) is 0 Å². The maximum absolute atomic E-state index is 12.8. The molecular formula is C20H20Cl3N3O3S. The number of hydrogen-bond donors (Lipinski definition) is 2. The first kappa shape index (κ1) is 21.7. The molecule has 10 heteroatoms. The van der Waals surface area contributed by atoms with Gasteiger partial charge in [-0.1, -0.05) is 40.9 Å². The number of carbonyl (C=O) groups is 1. The SMILES string of the molecule is O=C(NCc1ccc(Cl)cc1Cl)N[C@H]1CCC12CN(S(=O)(=O)c1ccc(Cl)cc1)C2. The summed E-state index contributed by atoms with van der Waals surface area (Å²) in [6.45, 7) is 1.07. The topological polar surface area (TPSA) is 78.5 Å². The van der Waals surface area contributed by atoms with Crippen molar-refractivity contribution in [2.24, 2.45) is 5.41 Å². The Morgan fingerprint density at radius 2 is 1.73 bits per heavy atom. The van der Waals surface area contributed by atoms with E-state index in [-0.39, 0.29) is 28.9 Å². The van der Waals surface area contributed by atoms with Crippen molar-refractivity contribution in [2.45, 2.75) is 30.3 Å². The van der Waals surface area contributed by atoms with Crippen molar-refractivity contribution in [3.05, 3.63) is 63.1 Å². The van der Waals surface area contributed by atoms with Gasteiger partial charge in [0.2, 0.25) is 10.0 Å². The van der Waals surface area contributed by atoms with Crippen molar-refractivity contribution < 1.29 is 13.2 Å². The van der Waals surface area contributed by atoms with Crippen LogP contribution in [0.4, 0.5) is 4.79 Å². The van der Waals surface area contributed by atoms with E-state index >= 15 is 0 Å². The van der Waals surface area contributed by atoms with E-state index in [4.69, 9.17) is 34.8 Å². The minimum absolute atomic E-state index is 0.0603. The molecule has 0 bridgehead atoms. The van der Waals surface area contributed by atoms with Gasteiger partial charge in [-0.2, -0.15) is 4.31 Å². The Kier molecular flexibility index (Phi) is 5.94. The molecule has 2 aromatic carbocycles. The van der Waals surface area contributed by atoms with E-state index in [0.29, 0.717) is 28.2 Å². The number of nitrogens with one attached hydrogen (secondary N) is 2. The molecule has 30 heavy (non-hydrogen) atoms. The lowest BCUT2D eigenvalue weighted by Crippen LogP contribution is -2.71. The third-order valence-corrected chi connectivity index (χ3v) is 8.51. The molecule has 2 N–H and O–H groups in total. The van der Waals surface area contributed by atoms with Gasteiger partial charge in [0.1, 0.15) is 0 Å². The minimum Gasteiger partial charge on any atom is -0.335 e. The third kappa shape index (κ3) is 4.14. The highest BCUT2D eigenvalue weighted by molar-refractivity contribution is 7.89. The van der Waals surface area contributed by atoms with Gasteiger partial charge in [-0.05, 0) is 54.8 Å². The molecule has 0 radical (unpaired) electrons. The van der Waals surface area contributed by atoms with E-state index in [0.717, 1.165) is 18.4 Å². The maximum atomic E-state index is 12.8. The number of halogens is 3. The summed E-state index contributed by atoms with van der Waals surface area (Å²) in [6.07, 6.45) is 1.71. The monoisotopic (exact) mass is 487 g/mol. The van der Waals surface area contributed by atoms with Gasteiger partial charge in [0.05, 0.1) is 4.90 Å². The van der Waals surface area contributed by atoms with E-state index in [1.54, 1.807) is 30.3 Å². The van der Waals surface area contributed by atoms with Crippen LogP contribution in [0, 0.1) is 5.41 Å². The highest BCUT2D eigenvalue weighted by Gasteiger charge is 2.58. The summed E-state index contributed by atoms with van der Waals surface area (Å²) in [7, 11) is -3.55. The van der Waals surface area contributed by atoms with Crippen molar-refractivity contribution in [1.29, 1.82) is 0 Å². The Hall–Kier alpha value is -1.51. The van der Waals surface area contributed by atoms with Gasteiger partial charge in [0.25, 0.3) is 0 Å². The summed E-state index contributed by atoms with van der Waals surface area (Å²) in [5.41, 5.74) is 0.567. The molecule has 0 aromatic heterocycles. The zero-order valence-corrected chi connectivity index (χ0v) is 19.0. The van der Waals surface area contributed by atoms with E-state index in [1.807, 2.05) is 0 Å². The second-order valence-electron chi connectivity index (χ2n) is 7.74. The van der Waals surface area contributed by atoms with Crippen molar-refractivity contribution in [2.75, 3.05) is 13.1 Å². The van der Waals surface area contributed by atoms with Gasteiger partial charge in [-0.15, -0.1) is 0 Å². The van der Waals surface area contributed by atoms with Crippen LogP contribution in [0.1, 0.15) is 18.4 Å². The molecule has 2 aliphatic rings. The smallest absolute Gasteiger partial charge is 0.315 e. The van der Waals surface area contributed by atoms with Gasteiger partial charge in [0.15, 0.2) is 0 Å². The van der Waals surface area contributed by atoms with Gasteiger partial charge in [-0.3, -0.25) is 0 Å². The number of benzene rings is 2. The largest absolute Gasteiger partial charge is 0.335 e. The summed E-state index contributed by atoms with van der Waals surface area (Å²) >= 11 is 17.9. The van der Waals surface area contributed by atoms with Crippen molar-refractivity contribution in [1.82, 2.24) is 14.9 Å². The average molecular weight is 489 g/mol. The van der Waals surface area contributed by atoms with Gasteiger partial charge >= 0.3 is 6.03 Å². The lowest BCUT2D eigenvalue weighted by atomic mass is 9.60. The maximum Gasteiger partial charge on any atom is 0.315 e. The molecule has 4 rings (SSSR count).